The molecule has 2 aromatic carbocycles. The summed E-state index contributed by atoms with van der Waals surface area (Å²) < 4.78 is 27.1. The van der Waals surface area contributed by atoms with Crippen molar-refractivity contribution in [3.05, 3.63) is 64.1 Å². The molecule has 1 saturated heterocycles. The Morgan fingerprint density at radius 2 is 1.66 bits per heavy atom. The number of halogens is 2. The van der Waals surface area contributed by atoms with E-state index >= 15 is 0 Å². The fourth-order valence-corrected chi connectivity index (χ4v) is 5.21. The summed E-state index contributed by atoms with van der Waals surface area (Å²) >= 11 is 11.7. The van der Waals surface area contributed by atoms with Crippen LogP contribution in [0.4, 0.5) is 0 Å². The van der Waals surface area contributed by atoms with Gasteiger partial charge in [0.05, 0.1) is 10.8 Å². The molecule has 0 saturated carbocycles. The number of rotatable bonds is 7. The van der Waals surface area contributed by atoms with Gasteiger partial charge in [0.2, 0.25) is 15.9 Å². The molecule has 0 aliphatic carbocycles. The minimum Gasteiger partial charge on any atom is -0.356 e. The Bertz CT molecular complexity index is 931. The zero-order valence-corrected chi connectivity index (χ0v) is 18.3. The van der Waals surface area contributed by atoms with Gasteiger partial charge in [-0.3, -0.25) is 4.79 Å². The second-order valence-corrected chi connectivity index (χ2v) is 9.99. The van der Waals surface area contributed by atoms with Crippen LogP contribution in [0.2, 0.25) is 10.0 Å². The molecule has 1 N–H and O–H groups in total. The summed E-state index contributed by atoms with van der Waals surface area (Å²) in [5, 5.41) is 4.14. The number of hydrogen-bond acceptors (Lipinski definition) is 3. The first kappa shape index (κ1) is 22.1. The Morgan fingerprint density at radius 3 is 2.31 bits per heavy atom. The lowest BCUT2D eigenvalue weighted by Crippen LogP contribution is -2.45. The van der Waals surface area contributed by atoms with Crippen molar-refractivity contribution in [3.63, 3.8) is 0 Å². The highest BCUT2D eigenvalue weighted by molar-refractivity contribution is 7.89. The summed E-state index contributed by atoms with van der Waals surface area (Å²) in [4.78, 5) is 12.7. The number of carbonyl (C=O) groups is 1. The summed E-state index contributed by atoms with van der Waals surface area (Å²) in [6.45, 7) is 1.18. The number of aryl methyl sites for hydroxylation is 1. The highest BCUT2D eigenvalue weighted by Crippen LogP contribution is 2.25. The molecule has 5 nitrogen and oxygen atoms in total. The van der Waals surface area contributed by atoms with Gasteiger partial charge in [-0.1, -0.05) is 35.3 Å². The Hall–Kier alpha value is -1.60. The molecule has 8 heteroatoms. The molecule has 29 heavy (non-hydrogen) atoms. The van der Waals surface area contributed by atoms with Crippen molar-refractivity contribution < 1.29 is 13.2 Å². The summed E-state index contributed by atoms with van der Waals surface area (Å²) in [6.07, 6.45) is 3.01. The Kier molecular flexibility index (Phi) is 7.57. The van der Waals surface area contributed by atoms with Crippen LogP contribution in [0.1, 0.15) is 24.8 Å². The highest BCUT2D eigenvalue weighted by atomic mass is 35.5. The molecule has 0 radical (unpaired) electrons. The quantitative estimate of drug-likeness (QED) is 0.639. The number of hydrogen-bond donors (Lipinski definition) is 1. The molecule has 0 bridgehead atoms. The van der Waals surface area contributed by atoms with E-state index in [1.807, 2.05) is 24.3 Å². The molecule has 0 spiro atoms. The van der Waals surface area contributed by atoms with E-state index in [-0.39, 0.29) is 23.3 Å². The first-order valence-electron chi connectivity index (χ1n) is 9.64. The van der Waals surface area contributed by atoms with Crippen LogP contribution in [0.15, 0.2) is 53.4 Å². The molecule has 1 aliphatic heterocycles. The third-order valence-corrected chi connectivity index (χ3v) is 7.44. The van der Waals surface area contributed by atoms with Gasteiger partial charge in [-0.15, -0.1) is 0 Å². The summed E-state index contributed by atoms with van der Waals surface area (Å²) in [7, 11) is -3.63. The van der Waals surface area contributed by atoms with Crippen LogP contribution in [-0.4, -0.2) is 38.3 Å². The lowest BCUT2D eigenvalue weighted by molar-refractivity contribution is -0.126. The van der Waals surface area contributed by atoms with Crippen LogP contribution in [0.25, 0.3) is 0 Å². The number of piperidine rings is 1. The van der Waals surface area contributed by atoms with Crippen LogP contribution in [0, 0.1) is 5.92 Å². The summed E-state index contributed by atoms with van der Waals surface area (Å²) in [5.74, 6) is -0.418. The van der Waals surface area contributed by atoms with E-state index in [4.69, 9.17) is 23.2 Å². The maximum absolute atomic E-state index is 12.8. The fraction of sp³-hybridized carbons (Fsp3) is 0.381. The summed E-state index contributed by atoms with van der Waals surface area (Å²) in [5.41, 5.74) is 1.17. The number of carbonyl (C=O) groups excluding carboxylic acids is 1. The molecule has 0 aromatic heterocycles. The van der Waals surface area contributed by atoms with Gasteiger partial charge < -0.3 is 5.32 Å². The van der Waals surface area contributed by atoms with Crippen LogP contribution in [0.5, 0.6) is 0 Å². The molecule has 2 aromatic rings. The van der Waals surface area contributed by atoms with E-state index in [2.05, 4.69) is 5.32 Å². The van der Waals surface area contributed by atoms with E-state index in [0.717, 1.165) is 12.8 Å². The van der Waals surface area contributed by atoms with Crippen molar-refractivity contribution in [1.29, 1.82) is 0 Å². The van der Waals surface area contributed by atoms with E-state index < -0.39 is 10.0 Å². The van der Waals surface area contributed by atoms with Crippen molar-refractivity contribution in [2.45, 2.75) is 30.6 Å². The minimum absolute atomic E-state index is 0.0860. The zero-order valence-electron chi connectivity index (χ0n) is 16.0. The smallest absolute Gasteiger partial charge is 0.243 e. The fourth-order valence-electron chi connectivity index (χ4n) is 3.43. The number of amides is 1. The van der Waals surface area contributed by atoms with E-state index in [1.54, 1.807) is 12.1 Å². The lowest BCUT2D eigenvalue weighted by Gasteiger charge is -2.31. The van der Waals surface area contributed by atoms with Gasteiger partial charge in [0.15, 0.2) is 0 Å². The third-order valence-electron chi connectivity index (χ3n) is 5.06. The SMILES string of the molecule is O=C(NCCCc1ccc(Cl)cc1)C1CCCN(S(=O)(=O)c2ccc(Cl)cc2)C1. The van der Waals surface area contributed by atoms with Crippen molar-refractivity contribution in [1.82, 2.24) is 9.62 Å². The molecule has 1 fully saturated rings. The Balaban J connectivity index is 1.51. The van der Waals surface area contributed by atoms with Gasteiger partial charge in [0.25, 0.3) is 0 Å². The van der Waals surface area contributed by atoms with Crippen LogP contribution < -0.4 is 5.32 Å². The summed E-state index contributed by atoms with van der Waals surface area (Å²) in [6, 6.07) is 13.8. The van der Waals surface area contributed by atoms with Crippen LogP contribution in [0.3, 0.4) is 0 Å². The second-order valence-electron chi connectivity index (χ2n) is 7.18. The predicted molar refractivity (Wildman–Crippen MR) is 116 cm³/mol. The van der Waals surface area contributed by atoms with Crippen molar-refractivity contribution in [2.75, 3.05) is 19.6 Å². The molecular weight excluding hydrogens is 431 g/mol. The largest absolute Gasteiger partial charge is 0.356 e. The van der Waals surface area contributed by atoms with Crippen molar-refractivity contribution in [2.24, 2.45) is 5.92 Å². The average Bonchev–Trinajstić information content (AvgIpc) is 2.73. The molecule has 1 aliphatic rings. The van der Waals surface area contributed by atoms with Crippen LogP contribution in [-0.2, 0) is 21.2 Å². The molecule has 1 amide bonds. The standard InChI is InChI=1S/C21H24Cl2N2O3S/c22-18-7-5-16(6-8-18)3-1-13-24-21(26)17-4-2-14-25(15-17)29(27,28)20-11-9-19(23)10-12-20/h5-12,17H,1-4,13-15H2,(H,24,26). The lowest BCUT2D eigenvalue weighted by atomic mass is 9.99. The van der Waals surface area contributed by atoms with Gasteiger partial charge in [-0.25, -0.2) is 8.42 Å². The number of sulfonamides is 1. The van der Waals surface area contributed by atoms with Gasteiger partial charge >= 0.3 is 0 Å². The maximum atomic E-state index is 12.8. The number of benzene rings is 2. The third kappa shape index (κ3) is 5.95. The maximum Gasteiger partial charge on any atom is 0.243 e. The van der Waals surface area contributed by atoms with Crippen LogP contribution >= 0.6 is 23.2 Å². The van der Waals surface area contributed by atoms with Gasteiger partial charge in [0, 0.05) is 29.7 Å². The van der Waals surface area contributed by atoms with Crippen molar-refractivity contribution >= 4 is 39.1 Å². The molecule has 1 unspecified atom stereocenters. The average molecular weight is 455 g/mol. The monoisotopic (exact) mass is 454 g/mol. The van der Waals surface area contributed by atoms with Gasteiger partial charge in [0.1, 0.15) is 0 Å². The predicted octanol–water partition coefficient (Wildman–Crippen LogP) is 4.14. The first-order chi connectivity index (χ1) is 13.9. The molecular formula is C21H24Cl2N2O3S. The number of nitrogens with one attached hydrogen (secondary N) is 1. The van der Waals surface area contributed by atoms with Gasteiger partial charge in [-0.05, 0) is 67.6 Å². The van der Waals surface area contributed by atoms with Crippen molar-refractivity contribution in [3.8, 4) is 0 Å². The van der Waals surface area contributed by atoms with Gasteiger partial charge in [-0.2, -0.15) is 4.31 Å². The normalized spacial score (nSPS) is 17.8. The Morgan fingerprint density at radius 1 is 1.03 bits per heavy atom. The van der Waals surface area contributed by atoms with E-state index in [0.29, 0.717) is 36.0 Å². The minimum atomic E-state index is -3.63. The first-order valence-corrected chi connectivity index (χ1v) is 11.8. The zero-order chi connectivity index (χ0) is 20.9. The molecule has 1 heterocycles. The highest BCUT2D eigenvalue weighted by Gasteiger charge is 2.33. The molecule has 3 rings (SSSR count). The molecule has 1 atom stereocenters. The van der Waals surface area contributed by atoms with E-state index in [9.17, 15) is 13.2 Å². The molecule has 156 valence electrons. The number of nitrogens with zero attached hydrogens (tertiary/aromatic N) is 1. The van der Waals surface area contributed by atoms with E-state index in [1.165, 1.54) is 22.0 Å². The Labute approximate surface area is 182 Å². The topological polar surface area (TPSA) is 66.5 Å². The second kappa shape index (κ2) is 9.94.